The van der Waals surface area contributed by atoms with Crippen molar-refractivity contribution in [2.75, 3.05) is 33.7 Å². The Kier molecular flexibility index (Phi) is 6.52. The van der Waals surface area contributed by atoms with Gasteiger partial charge in [0.05, 0.1) is 29.4 Å². The van der Waals surface area contributed by atoms with Gasteiger partial charge in [0.1, 0.15) is 0 Å². The van der Waals surface area contributed by atoms with Crippen LogP contribution in [0.1, 0.15) is 13.3 Å². The minimum Gasteiger partial charge on any atom is -0.385 e. The number of rotatable bonds is 8. The summed E-state index contributed by atoms with van der Waals surface area (Å²) >= 11 is 6.20. The summed E-state index contributed by atoms with van der Waals surface area (Å²) in [4.78, 5) is 2.26. The maximum absolute atomic E-state index is 8.46. The standard InChI is InChI=1S/C18H28ClN5/c1-12-5-6-14(19)7-16(12)18(20)17(21-3)9-22-8-13(2)23-15-10-24(4)11-15/h5-6,9,14-15,20-23H,2,7-8,10-11H2,1,3-4H3/b17-9+,20-18?. The zero-order valence-electron chi connectivity index (χ0n) is 14.7. The molecular weight excluding hydrogens is 322 g/mol. The molecule has 1 saturated heterocycles. The third kappa shape index (κ3) is 4.89. The summed E-state index contributed by atoms with van der Waals surface area (Å²) in [6.07, 6.45) is 6.49. The summed E-state index contributed by atoms with van der Waals surface area (Å²) in [5.41, 5.74) is 4.27. The van der Waals surface area contributed by atoms with E-state index in [0.29, 0.717) is 24.7 Å². The van der Waals surface area contributed by atoms with Gasteiger partial charge in [0.25, 0.3) is 0 Å². The average molecular weight is 350 g/mol. The third-order valence-electron chi connectivity index (χ3n) is 4.30. The van der Waals surface area contributed by atoms with Crippen LogP contribution in [0.2, 0.25) is 0 Å². The Bertz CT molecular complexity index is 584. The number of allylic oxidation sites excluding steroid dienone is 4. The van der Waals surface area contributed by atoms with E-state index < -0.39 is 0 Å². The predicted molar refractivity (Wildman–Crippen MR) is 103 cm³/mol. The Morgan fingerprint density at radius 1 is 1.50 bits per heavy atom. The van der Waals surface area contributed by atoms with Crippen molar-refractivity contribution >= 4 is 17.3 Å². The molecule has 0 saturated carbocycles. The smallest absolute Gasteiger partial charge is 0.0821 e. The highest BCUT2D eigenvalue weighted by atomic mass is 35.5. The van der Waals surface area contributed by atoms with E-state index in [1.165, 1.54) is 0 Å². The van der Waals surface area contributed by atoms with E-state index in [-0.39, 0.29) is 5.38 Å². The highest BCUT2D eigenvalue weighted by Gasteiger charge is 2.22. The van der Waals surface area contributed by atoms with Crippen molar-refractivity contribution in [1.82, 2.24) is 20.9 Å². The number of nitrogens with zero attached hydrogens (tertiary/aromatic N) is 1. The molecule has 6 heteroatoms. The Morgan fingerprint density at radius 3 is 2.83 bits per heavy atom. The van der Waals surface area contributed by atoms with Crippen LogP contribution in [0.5, 0.6) is 0 Å². The average Bonchev–Trinajstić information content (AvgIpc) is 2.52. The van der Waals surface area contributed by atoms with Gasteiger partial charge in [-0.15, -0.1) is 11.6 Å². The Labute approximate surface area is 150 Å². The SMILES string of the molecule is C=C(CN/C=C(/NC)C(=N)C1=C(C)C=CC(Cl)C1)NC1CN(C)C1. The quantitative estimate of drug-likeness (QED) is 0.399. The van der Waals surface area contributed by atoms with Gasteiger partial charge < -0.3 is 20.9 Å². The number of alkyl halides is 1. The zero-order valence-corrected chi connectivity index (χ0v) is 15.5. The van der Waals surface area contributed by atoms with Crippen molar-refractivity contribution in [1.29, 1.82) is 5.41 Å². The molecule has 1 aliphatic heterocycles. The lowest BCUT2D eigenvalue weighted by Gasteiger charge is -2.37. The second kappa shape index (κ2) is 8.40. The molecule has 0 radical (unpaired) electrons. The summed E-state index contributed by atoms with van der Waals surface area (Å²) in [7, 11) is 3.93. The zero-order chi connectivity index (χ0) is 17.7. The maximum atomic E-state index is 8.46. The van der Waals surface area contributed by atoms with E-state index in [2.05, 4.69) is 34.5 Å². The van der Waals surface area contributed by atoms with Gasteiger partial charge in [-0.25, -0.2) is 0 Å². The lowest BCUT2D eigenvalue weighted by atomic mass is 9.93. The van der Waals surface area contributed by atoms with Gasteiger partial charge in [0.15, 0.2) is 0 Å². The van der Waals surface area contributed by atoms with E-state index in [1.54, 1.807) is 0 Å². The Hall–Kier alpha value is -1.72. The van der Waals surface area contributed by atoms with Crippen molar-refractivity contribution in [2.24, 2.45) is 0 Å². The summed E-state index contributed by atoms with van der Waals surface area (Å²) < 4.78 is 0. The van der Waals surface area contributed by atoms with Gasteiger partial charge in [-0.1, -0.05) is 18.7 Å². The molecule has 0 aromatic heterocycles. The van der Waals surface area contributed by atoms with Crippen molar-refractivity contribution in [3.8, 4) is 0 Å². The minimum atomic E-state index is -0.0419. The fraction of sp³-hybridized carbons (Fsp3) is 0.500. The van der Waals surface area contributed by atoms with Gasteiger partial charge in [0, 0.05) is 32.0 Å². The van der Waals surface area contributed by atoms with Crippen LogP contribution in [0.3, 0.4) is 0 Å². The van der Waals surface area contributed by atoms with Crippen LogP contribution < -0.4 is 16.0 Å². The van der Waals surface area contributed by atoms with Gasteiger partial charge in [-0.2, -0.15) is 0 Å². The number of nitrogens with one attached hydrogen (secondary N) is 4. The predicted octanol–water partition coefficient (Wildman–Crippen LogP) is 1.96. The molecule has 0 spiro atoms. The first-order chi connectivity index (χ1) is 11.4. The molecule has 132 valence electrons. The van der Waals surface area contributed by atoms with E-state index in [9.17, 15) is 0 Å². The monoisotopic (exact) mass is 349 g/mol. The van der Waals surface area contributed by atoms with Crippen LogP contribution in [0.4, 0.5) is 0 Å². The highest BCUT2D eigenvalue weighted by Crippen LogP contribution is 2.24. The molecule has 1 unspecified atom stereocenters. The first-order valence-electron chi connectivity index (χ1n) is 8.26. The molecule has 1 atom stereocenters. The molecule has 0 aromatic rings. The molecule has 2 aliphatic rings. The molecule has 24 heavy (non-hydrogen) atoms. The van der Waals surface area contributed by atoms with Gasteiger partial charge in [-0.3, -0.25) is 5.41 Å². The molecule has 1 heterocycles. The van der Waals surface area contributed by atoms with Crippen LogP contribution >= 0.6 is 11.6 Å². The van der Waals surface area contributed by atoms with Crippen molar-refractivity contribution in [3.05, 3.63) is 47.5 Å². The first kappa shape index (κ1) is 18.6. The van der Waals surface area contributed by atoms with Crippen LogP contribution in [0.15, 0.2) is 47.5 Å². The van der Waals surface area contributed by atoms with E-state index in [4.69, 9.17) is 17.0 Å². The highest BCUT2D eigenvalue weighted by molar-refractivity contribution is 6.23. The van der Waals surface area contributed by atoms with Crippen LogP contribution in [0.25, 0.3) is 0 Å². The van der Waals surface area contributed by atoms with Gasteiger partial charge >= 0.3 is 0 Å². The van der Waals surface area contributed by atoms with E-state index in [0.717, 1.165) is 35.6 Å². The van der Waals surface area contributed by atoms with Crippen molar-refractivity contribution < 1.29 is 0 Å². The lowest BCUT2D eigenvalue weighted by Crippen LogP contribution is -2.56. The summed E-state index contributed by atoms with van der Waals surface area (Å²) in [5, 5.41) is 18.1. The first-order valence-corrected chi connectivity index (χ1v) is 8.69. The van der Waals surface area contributed by atoms with Gasteiger partial charge in [0.2, 0.25) is 0 Å². The molecule has 0 aromatic carbocycles. The van der Waals surface area contributed by atoms with E-state index in [1.807, 2.05) is 32.3 Å². The molecule has 1 aliphatic carbocycles. The molecule has 0 amide bonds. The third-order valence-corrected chi connectivity index (χ3v) is 4.60. The van der Waals surface area contributed by atoms with E-state index >= 15 is 0 Å². The number of hydrogen-bond donors (Lipinski definition) is 4. The Morgan fingerprint density at radius 2 is 2.21 bits per heavy atom. The maximum Gasteiger partial charge on any atom is 0.0821 e. The number of halogens is 1. The molecule has 5 nitrogen and oxygen atoms in total. The van der Waals surface area contributed by atoms with Crippen LogP contribution in [-0.4, -0.2) is 55.8 Å². The lowest BCUT2D eigenvalue weighted by molar-refractivity contribution is 0.170. The second-order valence-corrected chi connectivity index (χ2v) is 7.03. The summed E-state index contributed by atoms with van der Waals surface area (Å²) in [6, 6.07) is 0.498. The Balaban J connectivity index is 1.88. The van der Waals surface area contributed by atoms with Crippen molar-refractivity contribution in [2.45, 2.75) is 24.8 Å². The largest absolute Gasteiger partial charge is 0.385 e. The van der Waals surface area contributed by atoms with Crippen LogP contribution in [0, 0.1) is 5.41 Å². The topological polar surface area (TPSA) is 63.2 Å². The number of likely N-dealkylation sites (N-methyl/N-ethyl adjacent to an activating group) is 1. The molecule has 4 N–H and O–H groups in total. The molecular formula is C18H28ClN5. The normalized spacial score (nSPS) is 22.2. The molecule has 2 rings (SSSR count). The summed E-state index contributed by atoms with van der Waals surface area (Å²) in [6.45, 7) is 8.82. The minimum absolute atomic E-state index is 0.0419. The summed E-state index contributed by atoms with van der Waals surface area (Å²) in [5.74, 6) is 0. The second-order valence-electron chi connectivity index (χ2n) is 6.47. The van der Waals surface area contributed by atoms with Crippen molar-refractivity contribution in [3.63, 3.8) is 0 Å². The van der Waals surface area contributed by atoms with Gasteiger partial charge in [-0.05, 0) is 31.5 Å². The number of likely N-dealkylation sites (tertiary alicyclic amines) is 1. The number of hydrogen-bond acceptors (Lipinski definition) is 5. The molecule has 0 bridgehead atoms. The fourth-order valence-electron chi connectivity index (χ4n) is 2.91. The van der Waals surface area contributed by atoms with Crippen LogP contribution in [-0.2, 0) is 0 Å². The molecule has 1 fully saturated rings. The fourth-order valence-corrected chi connectivity index (χ4v) is 3.14.